The third-order valence-electron chi connectivity index (χ3n) is 4.47. The second-order valence-electron chi connectivity index (χ2n) is 6.49. The lowest BCUT2D eigenvalue weighted by molar-refractivity contribution is -0.141. The Labute approximate surface area is 167 Å². The van der Waals surface area contributed by atoms with E-state index in [1.165, 1.54) is 7.11 Å². The lowest BCUT2D eigenvalue weighted by Crippen LogP contribution is -2.43. The molecule has 0 saturated carbocycles. The number of carbonyl (C=O) groups is 2. The summed E-state index contributed by atoms with van der Waals surface area (Å²) in [6, 6.07) is 17.6. The van der Waals surface area contributed by atoms with Crippen LogP contribution in [0.5, 0.6) is 5.75 Å². The summed E-state index contributed by atoms with van der Waals surface area (Å²) in [6.45, 7) is 0. The SMILES string of the molecule is COc1ccc(C[C@H](NC(=O)Cc2ccc3ccccc3c2)C(=O)O)cc1Cl. The second-order valence-corrected chi connectivity index (χ2v) is 6.90. The summed E-state index contributed by atoms with van der Waals surface area (Å²) in [4.78, 5) is 24.0. The first-order valence-electron chi connectivity index (χ1n) is 8.78. The van der Waals surface area contributed by atoms with E-state index in [9.17, 15) is 14.7 Å². The van der Waals surface area contributed by atoms with Gasteiger partial charge in [0, 0.05) is 6.42 Å². The molecule has 0 radical (unpaired) electrons. The van der Waals surface area contributed by atoms with Crippen molar-refractivity contribution in [3.63, 3.8) is 0 Å². The van der Waals surface area contributed by atoms with E-state index in [2.05, 4.69) is 5.32 Å². The lowest BCUT2D eigenvalue weighted by atomic mass is 10.0. The number of hydrogen-bond acceptors (Lipinski definition) is 3. The summed E-state index contributed by atoms with van der Waals surface area (Å²) >= 11 is 6.09. The molecule has 28 heavy (non-hydrogen) atoms. The van der Waals surface area contributed by atoms with Crippen LogP contribution in [0.3, 0.4) is 0 Å². The van der Waals surface area contributed by atoms with Crippen LogP contribution in [-0.2, 0) is 22.4 Å². The van der Waals surface area contributed by atoms with Crippen molar-refractivity contribution in [1.29, 1.82) is 0 Å². The molecular weight excluding hydrogens is 378 g/mol. The fraction of sp³-hybridized carbons (Fsp3) is 0.182. The van der Waals surface area contributed by atoms with E-state index in [-0.39, 0.29) is 18.7 Å². The summed E-state index contributed by atoms with van der Waals surface area (Å²) < 4.78 is 5.10. The Hall–Kier alpha value is -3.05. The predicted molar refractivity (Wildman–Crippen MR) is 109 cm³/mol. The van der Waals surface area contributed by atoms with Crippen LogP contribution in [-0.4, -0.2) is 30.1 Å². The predicted octanol–water partition coefficient (Wildman–Crippen LogP) is 3.86. The molecule has 0 aromatic heterocycles. The van der Waals surface area contributed by atoms with Crippen LogP contribution in [0.25, 0.3) is 10.8 Å². The van der Waals surface area contributed by atoms with Crippen LogP contribution in [0.15, 0.2) is 60.7 Å². The number of carbonyl (C=O) groups excluding carboxylic acids is 1. The number of nitrogens with one attached hydrogen (secondary N) is 1. The summed E-state index contributed by atoms with van der Waals surface area (Å²) in [5.41, 5.74) is 1.53. The van der Waals surface area contributed by atoms with E-state index in [0.717, 1.165) is 16.3 Å². The van der Waals surface area contributed by atoms with Crippen LogP contribution >= 0.6 is 11.6 Å². The average Bonchev–Trinajstić information content (AvgIpc) is 2.67. The fourth-order valence-electron chi connectivity index (χ4n) is 3.05. The van der Waals surface area contributed by atoms with Gasteiger partial charge in [-0.1, -0.05) is 60.1 Å². The molecule has 0 saturated heterocycles. The number of rotatable bonds is 7. The van der Waals surface area contributed by atoms with Gasteiger partial charge < -0.3 is 15.2 Å². The normalized spacial score (nSPS) is 11.8. The van der Waals surface area contributed by atoms with Gasteiger partial charge in [-0.15, -0.1) is 0 Å². The first-order chi connectivity index (χ1) is 13.5. The second kappa shape index (κ2) is 8.76. The Balaban J connectivity index is 1.68. The highest BCUT2D eigenvalue weighted by Crippen LogP contribution is 2.25. The molecule has 144 valence electrons. The van der Waals surface area contributed by atoms with Crippen molar-refractivity contribution in [3.8, 4) is 5.75 Å². The Kier molecular flexibility index (Phi) is 6.16. The average molecular weight is 398 g/mol. The zero-order valence-electron chi connectivity index (χ0n) is 15.3. The minimum absolute atomic E-state index is 0.109. The molecule has 0 unspecified atom stereocenters. The van der Waals surface area contributed by atoms with Crippen molar-refractivity contribution in [2.75, 3.05) is 7.11 Å². The number of aliphatic carboxylic acids is 1. The number of halogens is 1. The van der Waals surface area contributed by atoms with Crippen molar-refractivity contribution < 1.29 is 19.4 Å². The monoisotopic (exact) mass is 397 g/mol. The zero-order valence-corrected chi connectivity index (χ0v) is 16.1. The number of fused-ring (bicyclic) bond motifs is 1. The van der Waals surface area contributed by atoms with Gasteiger partial charge in [0.25, 0.3) is 0 Å². The third-order valence-corrected chi connectivity index (χ3v) is 4.76. The molecule has 0 heterocycles. The first-order valence-corrected chi connectivity index (χ1v) is 9.16. The van der Waals surface area contributed by atoms with Gasteiger partial charge in [-0.25, -0.2) is 4.79 Å². The molecule has 5 nitrogen and oxygen atoms in total. The minimum atomic E-state index is -1.10. The summed E-state index contributed by atoms with van der Waals surface area (Å²) in [6.07, 6.45) is 0.237. The molecule has 0 aliphatic carbocycles. The highest BCUT2D eigenvalue weighted by Gasteiger charge is 2.21. The molecule has 6 heteroatoms. The highest BCUT2D eigenvalue weighted by molar-refractivity contribution is 6.32. The highest BCUT2D eigenvalue weighted by atomic mass is 35.5. The van der Waals surface area contributed by atoms with Crippen molar-refractivity contribution in [3.05, 3.63) is 76.8 Å². The molecule has 0 aliphatic rings. The number of benzene rings is 3. The number of methoxy groups -OCH3 is 1. The van der Waals surface area contributed by atoms with Crippen LogP contribution in [0.4, 0.5) is 0 Å². The van der Waals surface area contributed by atoms with E-state index in [1.54, 1.807) is 18.2 Å². The standard InChI is InChI=1S/C22H20ClNO4/c1-28-20-9-7-15(11-18(20)23)12-19(22(26)27)24-21(25)13-14-6-8-16-4-2-3-5-17(16)10-14/h2-11,19H,12-13H2,1H3,(H,24,25)(H,26,27)/t19-/m0/s1. The van der Waals surface area contributed by atoms with Crippen molar-refractivity contribution in [2.45, 2.75) is 18.9 Å². The maximum absolute atomic E-state index is 12.4. The van der Waals surface area contributed by atoms with Crippen LogP contribution in [0.1, 0.15) is 11.1 Å². The number of hydrogen-bond donors (Lipinski definition) is 2. The summed E-state index contributed by atoms with van der Waals surface area (Å²) in [5.74, 6) is -0.932. The molecule has 3 rings (SSSR count). The van der Waals surface area contributed by atoms with Crippen LogP contribution in [0.2, 0.25) is 5.02 Å². The molecule has 2 N–H and O–H groups in total. The quantitative estimate of drug-likeness (QED) is 0.634. The van der Waals surface area contributed by atoms with Gasteiger partial charge in [0.05, 0.1) is 18.6 Å². The maximum atomic E-state index is 12.4. The van der Waals surface area contributed by atoms with Crippen molar-refractivity contribution in [1.82, 2.24) is 5.32 Å². The minimum Gasteiger partial charge on any atom is -0.495 e. The van der Waals surface area contributed by atoms with E-state index in [0.29, 0.717) is 16.3 Å². The Morgan fingerprint density at radius 1 is 1.04 bits per heavy atom. The van der Waals surface area contributed by atoms with E-state index >= 15 is 0 Å². The largest absolute Gasteiger partial charge is 0.495 e. The Morgan fingerprint density at radius 2 is 1.75 bits per heavy atom. The maximum Gasteiger partial charge on any atom is 0.326 e. The number of carboxylic acid groups (broad SMARTS) is 1. The molecule has 0 aliphatic heterocycles. The number of carboxylic acids is 1. The third kappa shape index (κ3) is 4.81. The smallest absolute Gasteiger partial charge is 0.326 e. The van der Waals surface area contributed by atoms with Crippen molar-refractivity contribution in [2.24, 2.45) is 0 Å². The lowest BCUT2D eigenvalue weighted by Gasteiger charge is -2.15. The Morgan fingerprint density at radius 3 is 2.43 bits per heavy atom. The molecule has 3 aromatic rings. The van der Waals surface area contributed by atoms with Gasteiger partial charge in [-0.3, -0.25) is 4.79 Å². The van der Waals surface area contributed by atoms with Crippen LogP contribution < -0.4 is 10.1 Å². The molecular formula is C22H20ClNO4. The zero-order chi connectivity index (χ0) is 20.1. The summed E-state index contributed by atoms with van der Waals surface area (Å²) in [7, 11) is 1.51. The fourth-order valence-corrected chi connectivity index (χ4v) is 3.33. The van der Waals surface area contributed by atoms with E-state index in [1.807, 2.05) is 42.5 Å². The van der Waals surface area contributed by atoms with Gasteiger partial charge in [0.2, 0.25) is 5.91 Å². The van der Waals surface area contributed by atoms with Gasteiger partial charge in [-0.2, -0.15) is 0 Å². The van der Waals surface area contributed by atoms with Gasteiger partial charge in [-0.05, 0) is 34.0 Å². The van der Waals surface area contributed by atoms with Gasteiger partial charge in [0.1, 0.15) is 11.8 Å². The van der Waals surface area contributed by atoms with E-state index < -0.39 is 12.0 Å². The van der Waals surface area contributed by atoms with Crippen molar-refractivity contribution >= 4 is 34.2 Å². The number of ether oxygens (including phenoxy) is 1. The molecule has 0 spiro atoms. The molecule has 1 amide bonds. The molecule has 0 bridgehead atoms. The molecule has 1 atom stereocenters. The van der Waals surface area contributed by atoms with Gasteiger partial charge in [0.15, 0.2) is 0 Å². The topological polar surface area (TPSA) is 75.6 Å². The number of amides is 1. The first kappa shape index (κ1) is 19.7. The van der Waals surface area contributed by atoms with E-state index in [4.69, 9.17) is 16.3 Å². The summed E-state index contributed by atoms with van der Waals surface area (Å²) in [5, 5.41) is 14.6. The van der Waals surface area contributed by atoms with Gasteiger partial charge >= 0.3 is 5.97 Å². The molecule has 3 aromatic carbocycles. The molecule has 0 fully saturated rings. The Bertz CT molecular complexity index is 1020. The van der Waals surface area contributed by atoms with Crippen LogP contribution in [0, 0.1) is 0 Å².